The van der Waals surface area contributed by atoms with Crippen molar-refractivity contribution in [1.82, 2.24) is 0 Å². The lowest BCUT2D eigenvalue weighted by Gasteiger charge is -2.14. The van der Waals surface area contributed by atoms with Crippen molar-refractivity contribution in [3.63, 3.8) is 0 Å². The average molecular weight is 233 g/mol. The highest BCUT2D eigenvalue weighted by atomic mass is 16.5. The molecule has 0 bridgehead atoms. The van der Waals surface area contributed by atoms with Crippen LogP contribution in [0, 0.1) is 16.7 Å². The highest BCUT2D eigenvalue weighted by molar-refractivity contribution is 5.29. The molecule has 0 spiro atoms. The highest BCUT2D eigenvalue weighted by Gasteiger charge is 2.15. The summed E-state index contributed by atoms with van der Waals surface area (Å²) in [5.41, 5.74) is -0.238. The standard InChI is InChI=1S/C14H19NO2/c1-14(2,11-15)9-3-4-10-17-13-7-5-12(16)6-8-13/h5-8,16H,3-4,9-10H2,1-2H3. The largest absolute Gasteiger partial charge is 0.508 e. The number of aromatic hydroxyl groups is 1. The zero-order valence-corrected chi connectivity index (χ0v) is 10.4. The van der Waals surface area contributed by atoms with Crippen molar-refractivity contribution in [3.8, 4) is 17.6 Å². The van der Waals surface area contributed by atoms with Crippen molar-refractivity contribution in [2.24, 2.45) is 5.41 Å². The second-order valence-corrected chi connectivity index (χ2v) is 4.80. The number of nitriles is 1. The van der Waals surface area contributed by atoms with Gasteiger partial charge in [0.25, 0.3) is 0 Å². The molecule has 0 amide bonds. The van der Waals surface area contributed by atoms with Gasteiger partial charge in [-0.2, -0.15) is 5.26 Å². The predicted molar refractivity (Wildman–Crippen MR) is 66.8 cm³/mol. The number of nitrogens with zero attached hydrogens (tertiary/aromatic N) is 1. The first-order valence-corrected chi connectivity index (χ1v) is 5.86. The Kier molecular flexibility index (Phi) is 4.84. The summed E-state index contributed by atoms with van der Waals surface area (Å²) < 4.78 is 5.52. The summed E-state index contributed by atoms with van der Waals surface area (Å²) in [4.78, 5) is 0. The summed E-state index contributed by atoms with van der Waals surface area (Å²) in [6.07, 6.45) is 2.81. The molecule has 0 aromatic heterocycles. The van der Waals surface area contributed by atoms with Crippen molar-refractivity contribution >= 4 is 0 Å². The Labute approximate surface area is 103 Å². The van der Waals surface area contributed by atoms with Crippen LogP contribution in [0.25, 0.3) is 0 Å². The molecule has 0 unspecified atom stereocenters. The third-order valence-electron chi connectivity index (χ3n) is 2.60. The molecule has 0 aliphatic rings. The van der Waals surface area contributed by atoms with Crippen molar-refractivity contribution in [2.75, 3.05) is 6.61 Å². The Bertz CT molecular complexity index is 376. The van der Waals surface area contributed by atoms with E-state index < -0.39 is 0 Å². The molecule has 0 heterocycles. The van der Waals surface area contributed by atoms with Gasteiger partial charge in [0.05, 0.1) is 18.1 Å². The Balaban J connectivity index is 2.17. The summed E-state index contributed by atoms with van der Waals surface area (Å²) in [6.45, 7) is 4.55. The number of phenolic OH excluding ortho intramolecular Hbond substituents is 1. The molecule has 1 rings (SSSR count). The van der Waals surface area contributed by atoms with Gasteiger partial charge in [0.15, 0.2) is 0 Å². The minimum atomic E-state index is -0.238. The van der Waals surface area contributed by atoms with Crippen LogP contribution in [0.4, 0.5) is 0 Å². The van der Waals surface area contributed by atoms with E-state index in [2.05, 4.69) is 6.07 Å². The van der Waals surface area contributed by atoms with E-state index in [0.717, 1.165) is 25.0 Å². The predicted octanol–water partition coefficient (Wildman–Crippen LogP) is 3.49. The lowest BCUT2D eigenvalue weighted by atomic mass is 9.89. The highest BCUT2D eigenvalue weighted by Crippen LogP contribution is 2.22. The van der Waals surface area contributed by atoms with Gasteiger partial charge in [0.1, 0.15) is 11.5 Å². The van der Waals surface area contributed by atoms with Crippen LogP contribution in [0.3, 0.4) is 0 Å². The molecular weight excluding hydrogens is 214 g/mol. The molecule has 1 aromatic carbocycles. The maximum atomic E-state index is 9.10. The molecule has 3 heteroatoms. The van der Waals surface area contributed by atoms with E-state index >= 15 is 0 Å². The normalized spacial score (nSPS) is 10.9. The number of unbranched alkanes of at least 4 members (excludes halogenated alkanes) is 1. The van der Waals surface area contributed by atoms with Crippen molar-refractivity contribution in [2.45, 2.75) is 33.1 Å². The molecule has 92 valence electrons. The van der Waals surface area contributed by atoms with Crippen LogP contribution in [0.1, 0.15) is 33.1 Å². The minimum Gasteiger partial charge on any atom is -0.508 e. The van der Waals surface area contributed by atoms with Crippen LogP contribution < -0.4 is 4.74 Å². The summed E-state index contributed by atoms with van der Waals surface area (Å²) in [7, 11) is 0. The van der Waals surface area contributed by atoms with Gasteiger partial charge in [0, 0.05) is 0 Å². The molecular formula is C14H19NO2. The molecule has 0 saturated heterocycles. The van der Waals surface area contributed by atoms with Gasteiger partial charge in [-0.25, -0.2) is 0 Å². The van der Waals surface area contributed by atoms with Gasteiger partial charge >= 0.3 is 0 Å². The first-order valence-electron chi connectivity index (χ1n) is 5.86. The van der Waals surface area contributed by atoms with E-state index in [4.69, 9.17) is 15.1 Å². The van der Waals surface area contributed by atoms with Gasteiger partial charge in [0.2, 0.25) is 0 Å². The molecule has 1 N–H and O–H groups in total. The molecule has 0 fully saturated rings. The van der Waals surface area contributed by atoms with Crippen LogP contribution in [-0.2, 0) is 0 Å². The summed E-state index contributed by atoms with van der Waals surface area (Å²) in [6, 6.07) is 8.99. The maximum absolute atomic E-state index is 9.10. The number of hydrogen-bond donors (Lipinski definition) is 1. The summed E-state index contributed by atoms with van der Waals surface area (Å²) >= 11 is 0. The van der Waals surface area contributed by atoms with E-state index in [-0.39, 0.29) is 11.2 Å². The minimum absolute atomic E-state index is 0.238. The number of benzene rings is 1. The Morgan fingerprint density at radius 3 is 2.47 bits per heavy atom. The SMILES string of the molecule is CC(C)(C#N)CCCCOc1ccc(O)cc1. The second-order valence-electron chi connectivity index (χ2n) is 4.80. The quantitative estimate of drug-likeness (QED) is 0.765. The molecule has 17 heavy (non-hydrogen) atoms. The van der Waals surface area contributed by atoms with Crippen LogP contribution in [-0.4, -0.2) is 11.7 Å². The van der Waals surface area contributed by atoms with Crippen molar-refractivity contribution in [3.05, 3.63) is 24.3 Å². The maximum Gasteiger partial charge on any atom is 0.119 e. The third kappa shape index (κ3) is 5.26. The zero-order chi connectivity index (χ0) is 12.7. The van der Waals surface area contributed by atoms with Crippen LogP contribution in [0.15, 0.2) is 24.3 Å². The molecule has 0 aliphatic carbocycles. The fourth-order valence-electron chi connectivity index (χ4n) is 1.46. The van der Waals surface area contributed by atoms with E-state index in [9.17, 15) is 0 Å². The topological polar surface area (TPSA) is 53.2 Å². The number of rotatable bonds is 6. The van der Waals surface area contributed by atoms with Gasteiger partial charge in [-0.1, -0.05) is 0 Å². The lowest BCUT2D eigenvalue weighted by Crippen LogP contribution is -2.08. The Morgan fingerprint density at radius 1 is 1.24 bits per heavy atom. The number of phenols is 1. The number of hydrogen-bond acceptors (Lipinski definition) is 3. The Morgan fingerprint density at radius 2 is 1.88 bits per heavy atom. The molecule has 0 radical (unpaired) electrons. The van der Waals surface area contributed by atoms with Gasteiger partial charge in [-0.05, 0) is 57.4 Å². The summed E-state index contributed by atoms with van der Waals surface area (Å²) in [5, 5.41) is 17.9. The molecule has 0 aliphatic heterocycles. The molecule has 3 nitrogen and oxygen atoms in total. The smallest absolute Gasteiger partial charge is 0.119 e. The van der Waals surface area contributed by atoms with Gasteiger partial charge in [-0.15, -0.1) is 0 Å². The monoisotopic (exact) mass is 233 g/mol. The third-order valence-corrected chi connectivity index (χ3v) is 2.60. The second kappa shape index (κ2) is 6.15. The Hall–Kier alpha value is -1.69. The molecule has 0 saturated carbocycles. The van der Waals surface area contributed by atoms with Crippen LogP contribution >= 0.6 is 0 Å². The molecule has 1 aromatic rings. The lowest BCUT2D eigenvalue weighted by molar-refractivity contribution is 0.294. The van der Waals surface area contributed by atoms with E-state index in [1.165, 1.54) is 0 Å². The van der Waals surface area contributed by atoms with E-state index in [0.29, 0.717) is 6.61 Å². The van der Waals surface area contributed by atoms with Crippen molar-refractivity contribution in [1.29, 1.82) is 5.26 Å². The first kappa shape index (κ1) is 13.4. The fraction of sp³-hybridized carbons (Fsp3) is 0.500. The zero-order valence-electron chi connectivity index (χ0n) is 10.4. The first-order chi connectivity index (χ1) is 8.03. The van der Waals surface area contributed by atoms with Crippen molar-refractivity contribution < 1.29 is 9.84 Å². The van der Waals surface area contributed by atoms with Crippen LogP contribution in [0.2, 0.25) is 0 Å². The summed E-state index contributed by atoms with van der Waals surface area (Å²) in [5.74, 6) is 1.01. The number of ether oxygens (including phenoxy) is 1. The van der Waals surface area contributed by atoms with Gasteiger partial charge < -0.3 is 9.84 Å². The fourth-order valence-corrected chi connectivity index (χ4v) is 1.46. The van der Waals surface area contributed by atoms with Crippen LogP contribution in [0.5, 0.6) is 11.5 Å². The van der Waals surface area contributed by atoms with E-state index in [1.807, 2.05) is 13.8 Å². The van der Waals surface area contributed by atoms with E-state index in [1.54, 1.807) is 24.3 Å². The van der Waals surface area contributed by atoms with Gasteiger partial charge in [-0.3, -0.25) is 0 Å². The molecule has 0 atom stereocenters. The average Bonchev–Trinajstić information content (AvgIpc) is 2.31.